The first-order valence-corrected chi connectivity index (χ1v) is 12.7. The number of aryl methyl sites for hydroxylation is 3. The molecule has 6 nitrogen and oxygen atoms in total. The Kier molecular flexibility index (Phi) is 7.78. The Morgan fingerprint density at radius 1 is 1.00 bits per heavy atom. The fourth-order valence-corrected chi connectivity index (χ4v) is 4.87. The summed E-state index contributed by atoms with van der Waals surface area (Å²) in [4.78, 5) is 12.7. The van der Waals surface area contributed by atoms with Gasteiger partial charge in [0.15, 0.2) is 11.0 Å². The first-order chi connectivity index (χ1) is 16.8. The van der Waals surface area contributed by atoms with Crippen molar-refractivity contribution in [2.45, 2.75) is 44.6 Å². The van der Waals surface area contributed by atoms with Gasteiger partial charge in [0, 0.05) is 16.5 Å². The van der Waals surface area contributed by atoms with Crippen LogP contribution in [0.5, 0.6) is 0 Å². The number of amides is 2. The van der Waals surface area contributed by atoms with E-state index in [2.05, 4.69) is 52.0 Å². The van der Waals surface area contributed by atoms with Crippen LogP contribution in [-0.2, 0) is 5.75 Å². The zero-order chi connectivity index (χ0) is 24.9. The van der Waals surface area contributed by atoms with E-state index in [1.54, 1.807) is 11.8 Å². The summed E-state index contributed by atoms with van der Waals surface area (Å²) < 4.78 is 1.99. The Hall–Kier alpha value is -3.29. The number of hydrogen-bond donors (Lipinski definition) is 2. The molecule has 0 aliphatic heterocycles. The number of carbonyl (C=O) groups excluding carboxylic acids is 1. The highest BCUT2D eigenvalue weighted by molar-refractivity contribution is 7.98. The number of thioether (sulfide) groups is 1. The van der Waals surface area contributed by atoms with Crippen molar-refractivity contribution in [3.63, 3.8) is 0 Å². The molecule has 35 heavy (non-hydrogen) atoms. The standard InChI is InChI=1S/C27H28ClN5OS/c1-17-7-5-9-21(13-17)16-35-27-32-31-25(33(27)24-15-22(28)12-11-19(24)3)20(4)29-26(34)30-23-10-6-8-18(2)14-23/h5-15,20H,16H2,1-4H3,(H2,29,30,34). The number of halogens is 1. The van der Waals surface area contributed by atoms with Crippen LogP contribution in [-0.4, -0.2) is 20.8 Å². The Labute approximate surface area is 215 Å². The minimum Gasteiger partial charge on any atom is -0.328 e. The molecule has 0 radical (unpaired) electrons. The van der Waals surface area contributed by atoms with Crippen LogP contribution >= 0.6 is 23.4 Å². The minimum absolute atomic E-state index is 0.311. The van der Waals surface area contributed by atoms with Crippen LogP contribution in [0.25, 0.3) is 5.69 Å². The quantitative estimate of drug-likeness (QED) is 0.265. The van der Waals surface area contributed by atoms with E-state index in [1.165, 1.54) is 11.1 Å². The molecule has 0 fully saturated rings. The van der Waals surface area contributed by atoms with Gasteiger partial charge in [-0.15, -0.1) is 10.2 Å². The van der Waals surface area contributed by atoms with Crippen molar-refractivity contribution in [3.8, 4) is 5.69 Å². The molecule has 0 saturated carbocycles. The minimum atomic E-state index is -0.404. The largest absolute Gasteiger partial charge is 0.328 e. The molecule has 3 aromatic carbocycles. The molecule has 180 valence electrons. The molecule has 2 amide bonds. The van der Waals surface area contributed by atoms with Crippen LogP contribution in [0.4, 0.5) is 10.5 Å². The van der Waals surface area contributed by atoms with Crippen molar-refractivity contribution >= 4 is 35.1 Å². The molecule has 1 atom stereocenters. The fourth-order valence-electron chi connectivity index (χ4n) is 3.81. The SMILES string of the molecule is Cc1cccc(CSc2nnc(C(C)NC(=O)Nc3cccc(C)c3)n2-c2cc(Cl)ccc2C)c1. The molecule has 2 N–H and O–H groups in total. The van der Waals surface area contributed by atoms with Gasteiger partial charge in [0.05, 0.1) is 11.7 Å². The van der Waals surface area contributed by atoms with E-state index in [9.17, 15) is 4.79 Å². The maximum absolute atomic E-state index is 12.7. The highest BCUT2D eigenvalue weighted by Gasteiger charge is 2.22. The second-order valence-electron chi connectivity index (χ2n) is 8.57. The van der Waals surface area contributed by atoms with Crippen LogP contribution in [0.1, 0.15) is 41.0 Å². The van der Waals surface area contributed by atoms with Crippen molar-refractivity contribution in [1.82, 2.24) is 20.1 Å². The van der Waals surface area contributed by atoms with Crippen LogP contribution in [0.3, 0.4) is 0 Å². The van der Waals surface area contributed by atoms with E-state index >= 15 is 0 Å². The van der Waals surface area contributed by atoms with Crippen LogP contribution < -0.4 is 10.6 Å². The molecule has 1 heterocycles. The lowest BCUT2D eigenvalue weighted by molar-refractivity contribution is 0.249. The van der Waals surface area contributed by atoms with Gasteiger partial charge in [0.2, 0.25) is 0 Å². The Morgan fingerprint density at radius 2 is 1.74 bits per heavy atom. The molecule has 0 spiro atoms. The molecular formula is C27H28ClN5OS. The highest BCUT2D eigenvalue weighted by atomic mass is 35.5. The lowest BCUT2D eigenvalue weighted by Crippen LogP contribution is -2.32. The Morgan fingerprint density at radius 3 is 2.49 bits per heavy atom. The summed E-state index contributed by atoms with van der Waals surface area (Å²) in [6.45, 7) is 7.98. The lowest BCUT2D eigenvalue weighted by atomic mass is 10.2. The number of rotatable bonds is 7. The molecule has 4 rings (SSSR count). The molecule has 0 aliphatic carbocycles. The van der Waals surface area contributed by atoms with Gasteiger partial charge in [-0.05, 0) is 68.7 Å². The maximum atomic E-state index is 12.7. The summed E-state index contributed by atoms with van der Waals surface area (Å²) >= 11 is 7.95. The fraction of sp³-hybridized carbons (Fsp3) is 0.222. The number of carbonyl (C=O) groups is 1. The second-order valence-corrected chi connectivity index (χ2v) is 9.95. The summed E-state index contributed by atoms with van der Waals surface area (Å²) in [5.74, 6) is 1.37. The number of hydrogen-bond acceptors (Lipinski definition) is 4. The van der Waals surface area contributed by atoms with Gasteiger partial charge < -0.3 is 10.6 Å². The van der Waals surface area contributed by atoms with Gasteiger partial charge in [-0.2, -0.15) is 0 Å². The average Bonchev–Trinajstić information content (AvgIpc) is 3.23. The van der Waals surface area contributed by atoms with Crippen molar-refractivity contribution in [3.05, 3.63) is 99.8 Å². The third-order valence-electron chi connectivity index (χ3n) is 5.53. The lowest BCUT2D eigenvalue weighted by Gasteiger charge is -2.18. The number of anilines is 1. The molecule has 0 saturated heterocycles. The molecule has 8 heteroatoms. The molecular weight excluding hydrogens is 478 g/mol. The number of urea groups is 1. The van der Waals surface area contributed by atoms with E-state index in [0.29, 0.717) is 10.8 Å². The summed E-state index contributed by atoms with van der Waals surface area (Å²) in [7, 11) is 0. The maximum Gasteiger partial charge on any atom is 0.319 e. The van der Waals surface area contributed by atoms with Gasteiger partial charge in [0.1, 0.15) is 0 Å². The van der Waals surface area contributed by atoms with E-state index < -0.39 is 6.04 Å². The molecule has 1 unspecified atom stereocenters. The van der Waals surface area contributed by atoms with Gasteiger partial charge in [-0.1, -0.05) is 71.4 Å². The van der Waals surface area contributed by atoms with E-state index in [1.807, 2.05) is 67.8 Å². The first-order valence-electron chi connectivity index (χ1n) is 11.3. The van der Waals surface area contributed by atoms with Gasteiger partial charge in [-0.3, -0.25) is 4.57 Å². The zero-order valence-corrected chi connectivity index (χ0v) is 21.7. The monoisotopic (exact) mass is 505 g/mol. The first kappa shape index (κ1) is 24.8. The third kappa shape index (κ3) is 6.24. The smallest absolute Gasteiger partial charge is 0.319 e. The van der Waals surface area contributed by atoms with E-state index in [4.69, 9.17) is 11.6 Å². The van der Waals surface area contributed by atoms with Crippen molar-refractivity contribution < 1.29 is 4.79 Å². The molecule has 0 aliphatic rings. The van der Waals surface area contributed by atoms with Gasteiger partial charge in [0.25, 0.3) is 0 Å². The Bertz CT molecular complexity index is 1350. The van der Waals surface area contributed by atoms with Crippen molar-refractivity contribution in [2.75, 3.05) is 5.32 Å². The third-order valence-corrected chi connectivity index (χ3v) is 6.77. The average molecular weight is 506 g/mol. The Balaban J connectivity index is 1.61. The molecule has 4 aromatic rings. The summed E-state index contributed by atoms with van der Waals surface area (Å²) in [5, 5.41) is 16.2. The zero-order valence-electron chi connectivity index (χ0n) is 20.2. The van der Waals surface area contributed by atoms with E-state index in [0.717, 1.165) is 33.4 Å². The predicted molar refractivity (Wildman–Crippen MR) is 144 cm³/mol. The molecule has 0 bridgehead atoms. The topological polar surface area (TPSA) is 71.8 Å². The number of aromatic nitrogens is 3. The highest BCUT2D eigenvalue weighted by Crippen LogP contribution is 2.30. The van der Waals surface area contributed by atoms with Crippen LogP contribution in [0.2, 0.25) is 5.02 Å². The van der Waals surface area contributed by atoms with Gasteiger partial charge >= 0.3 is 6.03 Å². The molecule has 1 aromatic heterocycles. The predicted octanol–water partition coefficient (Wildman–Crippen LogP) is 7.02. The second kappa shape index (κ2) is 11.0. The van der Waals surface area contributed by atoms with Crippen LogP contribution in [0, 0.1) is 20.8 Å². The summed E-state index contributed by atoms with van der Waals surface area (Å²) in [6, 6.07) is 21.1. The van der Waals surface area contributed by atoms with E-state index in [-0.39, 0.29) is 6.03 Å². The number of nitrogens with one attached hydrogen (secondary N) is 2. The number of benzene rings is 3. The van der Waals surface area contributed by atoms with Crippen molar-refractivity contribution in [2.24, 2.45) is 0 Å². The van der Waals surface area contributed by atoms with Crippen LogP contribution in [0.15, 0.2) is 71.9 Å². The normalized spacial score (nSPS) is 11.8. The summed E-state index contributed by atoms with van der Waals surface area (Å²) in [5.41, 5.74) is 6.14. The summed E-state index contributed by atoms with van der Waals surface area (Å²) in [6.07, 6.45) is 0. The van der Waals surface area contributed by atoms with Gasteiger partial charge in [-0.25, -0.2) is 4.79 Å². The number of nitrogens with zero attached hydrogens (tertiary/aromatic N) is 3. The van der Waals surface area contributed by atoms with Crippen molar-refractivity contribution in [1.29, 1.82) is 0 Å².